The third-order valence-corrected chi connectivity index (χ3v) is 10.4. The van der Waals surface area contributed by atoms with E-state index in [2.05, 4.69) is 13.8 Å². The lowest BCUT2D eigenvalue weighted by molar-refractivity contribution is -0.179. The van der Waals surface area contributed by atoms with Crippen molar-refractivity contribution in [3.8, 4) is 0 Å². The normalized spacial score (nSPS) is 22.4. The molecule has 0 bridgehead atoms. The van der Waals surface area contributed by atoms with Gasteiger partial charge in [0.05, 0.1) is 19.4 Å². The highest BCUT2D eigenvalue weighted by Gasteiger charge is 2.39. The number of aliphatic hydroxyl groups excluding tert-OH is 1. The van der Waals surface area contributed by atoms with E-state index in [0.717, 1.165) is 60.4 Å². The maximum Gasteiger partial charge on any atom is 0.251 e. The molecule has 6 rings (SSSR count). The molecule has 1 amide bonds. The minimum Gasteiger partial charge on any atom is -0.470 e. The molecule has 0 saturated heterocycles. The molecule has 3 aliphatic rings. The van der Waals surface area contributed by atoms with Crippen LogP contribution in [0, 0.1) is 43.4 Å². The topological polar surface area (TPSA) is 115 Å². The van der Waals surface area contributed by atoms with Crippen molar-refractivity contribution in [1.29, 1.82) is 0 Å². The second kappa shape index (κ2) is 17.4. The highest BCUT2D eigenvalue weighted by atomic mass is 16.7. The largest absolute Gasteiger partial charge is 0.470 e. The van der Waals surface area contributed by atoms with E-state index in [4.69, 9.17) is 23.8 Å². The van der Waals surface area contributed by atoms with Gasteiger partial charge < -0.3 is 24.1 Å². The second-order valence-electron chi connectivity index (χ2n) is 14.2. The Morgan fingerprint density at radius 2 is 1.46 bits per heavy atom. The fraction of sp³-hybridized carbons (Fsp3) is 0.658. The van der Waals surface area contributed by atoms with Crippen LogP contribution in [0.25, 0.3) is 0 Å². The lowest BCUT2D eigenvalue weighted by Crippen LogP contribution is -2.37. The number of aliphatic hydroxyl groups is 1. The Morgan fingerprint density at radius 3 is 1.87 bits per heavy atom. The number of carbonyl (C=O) groups is 1. The lowest BCUT2D eigenvalue weighted by atomic mass is 9.81. The predicted molar refractivity (Wildman–Crippen MR) is 182 cm³/mol. The monoisotopic (exact) mass is 640 g/mol. The van der Waals surface area contributed by atoms with Gasteiger partial charge in [-0.25, -0.2) is 5.06 Å². The number of furan rings is 3. The molecule has 46 heavy (non-hydrogen) atoms. The molecule has 0 aromatic carbocycles. The minimum absolute atomic E-state index is 0.0320. The van der Waals surface area contributed by atoms with Gasteiger partial charge in [0.1, 0.15) is 34.9 Å². The molecule has 0 aliphatic heterocycles. The maximum atomic E-state index is 11.7. The first-order valence-electron chi connectivity index (χ1n) is 17.2. The van der Waals surface area contributed by atoms with E-state index in [-0.39, 0.29) is 22.8 Å². The highest BCUT2D eigenvalue weighted by molar-refractivity contribution is 5.81. The molecule has 8 heteroatoms. The van der Waals surface area contributed by atoms with Gasteiger partial charge in [-0.05, 0) is 101 Å². The van der Waals surface area contributed by atoms with Crippen molar-refractivity contribution in [2.75, 3.05) is 14.2 Å². The van der Waals surface area contributed by atoms with Gasteiger partial charge in [0, 0.05) is 17.9 Å². The number of amides is 1. The molecule has 0 radical (unpaired) electrons. The molecule has 3 aliphatic carbocycles. The number of hydrogen-bond acceptors (Lipinski definition) is 7. The summed E-state index contributed by atoms with van der Waals surface area (Å²) in [6, 6.07) is 11.7. The van der Waals surface area contributed by atoms with Gasteiger partial charge in [-0.2, -0.15) is 0 Å². The smallest absolute Gasteiger partial charge is 0.251 e. The van der Waals surface area contributed by atoms with Gasteiger partial charge in [-0.1, -0.05) is 59.3 Å². The first-order valence-corrected chi connectivity index (χ1v) is 17.2. The molecule has 3 fully saturated rings. The Labute approximate surface area is 277 Å². The van der Waals surface area contributed by atoms with E-state index in [1.807, 2.05) is 64.1 Å². The summed E-state index contributed by atoms with van der Waals surface area (Å²) in [7, 11) is 3.20. The quantitative estimate of drug-likeness (QED) is 0.258. The Kier molecular flexibility index (Phi) is 14.2. The van der Waals surface area contributed by atoms with Crippen LogP contribution in [0.4, 0.5) is 0 Å². The van der Waals surface area contributed by atoms with Crippen LogP contribution < -0.4 is 5.73 Å². The molecule has 3 unspecified atom stereocenters. The number of hydroxylamine groups is 2. The number of carbonyl (C=O) groups excluding carboxylic acids is 1. The Morgan fingerprint density at radius 1 is 0.891 bits per heavy atom. The summed E-state index contributed by atoms with van der Waals surface area (Å²) in [6.45, 7) is 12.3. The van der Waals surface area contributed by atoms with Crippen molar-refractivity contribution in [2.45, 2.75) is 124 Å². The summed E-state index contributed by atoms with van der Waals surface area (Å²) in [4.78, 5) is 16.6. The van der Waals surface area contributed by atoms with E-state index in [9.17, 15) is 9.90 Å². The molecule has 3 aromatic heterocycles. The number of nitrogens with zero attached hydrogens (tertiary/aromatic N) is 1. The fourth-order valence-corrected chi connectivity index (χ4v) is 7.14. The number of rotatable bonds is 6. The lowest BCUT2D eigenvalue weighted by Gasteiger charge is -2.28. The molecular formula is C38H60N2O6. The SMILES string of the molecule is CON(C)C(=O)C1(C)CCCC1.Cc1ccc(C(O)C2(C)CCCC2)o1.Cc1ccc([C@H](N)C2CCCC2C)o1.Cc1ccco1. The highest BCUT2D eigenvalue weighted by Crippen LogP contribution is 2.47. The van der Waals surface area contributed by atoms with Gasteiger partial charge in [0.15, 0.2) is 0 Å². The van der Waals surface area contributed by atoms with E-state index in [1.165, 1.54) is 57.1 Å². The van der Waals surface area contributed by atoms with Crippen molar-refractivity contribution in [3.05, 3.63) is 71.5 Å². The first kappa shape index (κ1) is 37.6. The summed E-state index contributed by atoms with van der Waals surface area (Å²) in [5.41, 5.74) is 6.08. The molecule has 8 nitrogen and oxygen atoms in total. The van der Waals surface area contributed by atoms with Crippen LogP contribution in [0.1, 0.15) is 132 Å². The predicted octanol–water partition coefficient (Wildman–Crippen LogP) is 9.40. The van der Waals surface area contributed by atoms with Gasteiger partial charge in [-0.3, -0.25) is 9.63 Å². The first-order chi connectivity index (χ1) is 21.8. The summed E-state index contributed by atoms with van der Waals surface area (Å²) in [5, 5.41) is 11.5. The third-order valence-electron chi connectivity index (χ3n) is 10.4. The fourth-order valence-electron chi connectivity index (χ4n) is 7.14. The number of nitrogens with two attached hydrogens (primary N) is 1. The Bertz CT molecular complexity index is 1280. The van der Waals surface area contributed by atoms with Crippen LogP contribution in [-0.2, 0) is 9.63 Å². The number of hydrogen-bond donors (Lipinski definition) is 2. The maximum absolute atomic E-state index is 11.7. The average molecular weight is 641 g/mol. The zero-order chi connectivity index (χ0) is 33.9. The molecule has 4 atom stereocenters. The molecular weight excluding hydrogens is 580 g/mol. The van der Waals surface area contributed by atoms with Crippen LogP contribution in [0.2, 0.25) is 0 Å². The summed E-state index contributed by atoms with van der Waals surface area (Å²) < 4.78 is 15.9. The molecule has 3 heterocycles. The summed E-state index contributed by atoms with van der Waals surface area (Å²) in [6.07, 6.45) is 14.1. The van der Waals surface area contributed by atoms with E-state index >= 15 is 0 Å². The second-order valence-corrected chi connectivity index (χ2v) is 14.2. The van der Waals surface area contributed by atoms with Crippen LogP contribution in [0.3, 0.4) is 0 Å². The Balaban J connectivity index is 0.000000173. The molecule has 0 spiro atoms. The van der Waals surface area contributed by atoms with Gasteiger partial charge in [0.2, 0.25) is 0 Å². The zero-order valence-corrected chi connectivity index (χ0v) is 29.6. The van der Waals surface area contributed by atoms with E-state index in [1.54, 1.807) is 13.3 Å². The molecule has 3 saturated carbocycles. The van der Waals surface area contributed by atoms with Crippen LogP contribution >= 0.6 is 0 Å². The van der Waals surface area contributed by atoms with Gasteiger partial charge in [-0.15, -0.1) is 0 Å². The van der Waals surface area contributed by atoms with Crippen LogP contribution in [0.5, 0.6) is 0 Å². The average Bonchev–Trinajstić information content (AvgIpc) is 3.88. The van der Waals surface area contributed by atoms with Crippen molar-refractivity contribution in [3.63, 3.8) is 0 Å². The molecule has 3 N–H and O–H groups in total. The van der Waals surface area contributed by atoms with Crippen molar-refractivity contribution >= 4 is 5.91 Å². The third kappa shape index (κ3) is 10.3. The van der Waals surface area contributed by atoms with Crippen molar-refractivity contribution in [2.24, 2.45) is 28.4 Å². The summed E-state index contributed by atoms with van der Waals surface area (Å²) >= 11 is 0. The standard InChI is InChI=1S/C12H19NO.C12H18O2.C9H17NO2.C5H6O/c1-8-4-3-5-10(8)12(13)11-7-6-9(2)14-11;1-9-5-6-10(14-9)11(13)12(2)7-3-4-8-12;1-9(6-4-5-7-9)8(11)10(2)12-3;1-5-3-2-4-6-5/h6-8,10,12H,3-5,13H2,1-2H3;5-6,11,13H,3-4,7-8H2,1-2H3;4-7H2,1-3H3;2-4H,1H3/t8?,10?,12-;;;/m1.../s1. The van der Waals surface area contributed by atoms with E-state index < -0.39 is 6.10 Å². The molecule has 3 aromatic rings. The summed E-state index contributed by atoms with van der Waals surface area (Å²) in [5.74, 6) is 5.96. The van der Waals surface area contributed by atoms with Crippen LogP contribution in [0.15, 0.2) is 55.9 Å². The van der Waals surface area contributed by atoms with E-state index in [0.29, 0.717) is 5.92 Å². The van der Waals surface area contributed by atoms with Crippen LogP contribution in [-0.4, -0.2) is 30.2 Å². The molecule has 258 valence electrons. The zero-order valence-electron chi connectivity index (χ0n) is 29.6. The number of aryl methyl sites for hydroxylation is 3. The van der Waals surface area contributed by atoms with Crippen molar-refractivity contribution in [1.82, 2.24) is 5.06 Å². The van der Waals surface area contributed by atoms with Gasteiger partial charge >= 0.3 is 0 Å². The van der Waals surface area contributed by atoms with Crippen molar-refractivity contribution < 1.29 is 28.0 Å². The van der Waals surface area contributed by atoms with Gasteiger partial charge in [0.25, 0.3) is 5.91 Å². The Hall–Kier alpha value is -2.81. The minimum atomic E-state index is -0.432.